The fourth-order valence-electron chi connectivity index (χ4n) is 4.72. The van der Waals surface area contributed by atoms with Gasteiger partial charge in [-0.25, -0.2) is 9.18 Å². The maximum Gasteiger partial charge on any atom is 0.320 e. The summed E-state index contributed by atoms with van der Waals surface area (Å²) in [5.41, 5.74) is 1.20. The maximum atomic E-state index is 13.1. The fourth-order valence-corrected chi connectivity index (χ4v) is 4.72. The third-order valence-corrected chi connectivity index (χ3v) is 6.03. The molecule has 130 valence electrons. The molecule has 2 amide bonds. The molecule has 3 aliphatic heterocycles. The van der Waals surface area contributed by atoms with E-state index in [1.54, 1.807) is 0 Å². The van der Waals surface area contributed by atoms with Crippen molar-refractivity contribution in [2.24, 2.45) is 0 Å². The number of halogens is 1. The van der Waals surface area contributed by atoms with Gasteiger partial charge in [-0.15, -0.1) is 0 Å². The molecule has 0 spiro atoms. The maximum absolute atomic E-state index is 13.1. The Kier molecular flexibility index (Phi) is 4.21. The average Bonchev–Trinajstić information content (AvgIpc) is 2.85. The minimum atomic E-state index is -0.255. The van der Waals surface area contributed by atoms with Crippen LogP contribution in [0.25, 0.3) is 0 Å². The van der Waals surface area contributed by atoms with Crippen LogP contribution in [0.15, 0.2) is 24.3 Å². The number of urea groups is 1. The third-order valence-electron chi connectivity index (χ3n) is 6.03. The van der Waals surface area contributed by atoms with Crippen LogP contribution in [0.1, 0.15) is 50.0 Å². The minimum Gasteiger partial charge on any atom is -0.393 e. The van der Waals surface area contributed by atoms with Gasteiger partial charge in [-0.2, -0.15) is 0 Å². The summed E-state index contributed by atoms with van der Waals surface area (Å²) in [6.45, 7) is 1.33. The number of piperidine rings is 2. The standard InChI is InChI=1S/C19H25FN2O2/c20-15-3-1-13(2-4-15)14-11-16-5-6-17(12-14)22(16)19(24)21-9-7-18(23)8-10-21/h1-4,14,16-18,23H,5-12H2/t14-,16+,17-. The Morgan fingerprint density at radius 2 is 1.58 bits per heavy atom. The highest BCUT2D eigenvalue weighted by atomic mass is 19.1. The van der Waals surface area contributed by atoms with Crippen molar-refractivity contribution in [1.29, 1.82) is 0 Å². The van der Waals surface area contributed by atoms with Gasteiger partial charge in [-0.1, -0.05) is 12.1 Å². The number of hydrogen-bond acceptors (Lipinski definition) is 2. The third kappa shape index (κ3) is 2.90. The van der Waals surface area contributed by atoms with Crippen LogP contribution in [-0.2, 0) is 0 Å². The summed E-state index contributed by atoms with van der Waals surface area (Å²) in [4.78, 5) is 17.0. The highest BCUT2D eigenvalue weighted by Gasteiger charge is 2.45. The number of benzene rings is 1. The summed E-state index contributed by atoms with van der Waals surface area (Å²) >= 11 is 0. The van der Waals surface area contributed by atoms with Crippen molar-refractivity contribution in [2.75, 3.05) is 13.1 Å². The first-order valence-corrected chi connectivity index (χ1v) is 9.12. The van der Waals surface area contributed by atoms with Gasteiger partial charge in [0, 0.05) is 25.2 Å². The second-order valence-electron chi connectivity index (χ2n) is 7.51. The van der Waals surface area contributed by atoms with Gasteiger partial charge in [-0.05, 0) is 62.1 Å². The van der Waals surface area contributed by atoms with Crippen molar-refractivity contribution in [3.8, 4) is 0 Å². The quantitative estimate of drug-likeness (QED) is 0.859. The smallest absolute Gasteiger partial charge is 0.320 e. The number of nitrogens with zero attached hydrogens (tertiary/aromatic N) is 2. The zero-order valence-electron chi connectivity index (χ0n) is 13.9. The molecule has 0 radical (unpaired) electrons. The van der Waals surface area contributed by atoms with E-state index in [-0.39, 0.29) is 18.0 Å². The van der Waals surface area contributed by atoms with Crippen LogP contribution in [0.5, 0.6) is 0 Å². The molecule has 1 aromatic carbocycles. The number of likely N-dealkylation sites (tertiary alicyclic amines) is 1. The lowest BCUT2D eigenvalue weighted by Crippen LogP contribution is -2.53. The molecule has 3 aliphatic rings. The number of hydrogen-bond donors (Lipinski definition) is 1. The van der Waals surface area contributed by atoms with Gasteiger partial charge >= 0.3 is 6.03 Å². The highest BCUT2D eigenvalue weighted by Crippen LogP contribution is 2.43. The predicted molar refractivity (Wildman–Crippen MR) is 89.2 cm³/mol. The Morgan fingerprint density at radius 1 is 1.00 bits per heavy atom. The molecule has 0 aliphatic carbocycles. The first kappa shape index (κ1) is 15.9. The zero-order valence-corrected chi connectivity index (χ0v) is 13.9. The minimum absolute atomic E-state index is 0.159. The lowest BCUT2D eigenvalue weighted by atomic mass is 9.85. The van der Waals surface area contributed by atoms with E-state index in [0.717, 1.165) is 25.7 Å². The lowest BCUT2D eigenvalue weighted by molar-refractivity contribution is 0.0650. The SMILES string of the molecule is O=C(N1CCC(O)CC1)N1[C@@H]2CC[C@H]1C[C@@H](c1ccc(F)cc1)C2. The van der Waals surface area contributed by atoms with Crippen LogP contribution >= 0.6 is 0 Å². The van der Waals surface area contributed by atoms with Gasteiger partial charge in [0.2, 0.25) is 0 Å². The van der Waals surface area contributed by atoms with E-state index in [2.05, 4.69) is 4.90 Å². The van der Waals surface area contributed by atoms with E-state index in [0.29, 0.717) is 43.9 Å². The summed E-state index contributed by atoms with van der Waals surface area (Å²) < 4.78 is 13.1. The van der Waals surface area contributed by atoms with Crippen LogP contribution in [0.2, 0.25) is 0 Å². The van der Waals surface area contributed by atoms with Gasteiger partial charge < -0.3 is 14.9 Å². The molecule has 4 nitrogen and oxygen atoms in total. The number of aliphatic hydroxyl groups is 1. The molecule has 1 aromatic rings. The van der Waals surface area contributed by atoms with Crippen molar-refractivity contribution in [3.63, 3.8) is 0 Å². The monoisotopic (exact) mass is 332 g/mol. The first-order chi connectivity index (χ1) is 11.6. The molecule has 0 aromatic heterocycles. The van der Waals surface area contributed by atoms with E-state index in [9.17, 15) is 14.3 Å². The largest absolute Gasteiger partial charge is 0.393 e. The van der Waals surface area contributed by atoms with E-state index in [1.807, 2.05) is 17.0 Å². The summed E-state index contributed by atoms with van der Waals surface area (Å²) in [7, 11) is 0. The number of amides is 2. The molecule has 1 N–H and O–H groups in total. The zero-order chi connectivity index (χ0) is 16.7. The number of carbonyl (C=O) groups excluding carboxylic acids is 1. The van der Waals surface area contributed by atoms with Gasteiger partial charge in [0.05, 0.1) is 6.10 Å². The van der Waals surface area contributed by atoms with E-state index >= 15 is 0 Å². The van der Waals surface area contributed by atoms with E-state index in [1.165, 1.54) is 17.7 Å². The first-order valence-electron chi connectivity index (χ1n) is 9.12. The molecule has 3 saturated heterocycles. The summed E-state index contributed by atoms with van der Waals surface area (Å²) in [5, 5.41) is 9.64. The molecule has 24 heavy (non-hydrogen) atoms. The fraction of sp³-hybridized carbons (Fsp3) is 0.632. The second kappa shape index (κ2) is 6.36. The molecule has 2 bridgehead atoms. The number of aliphatic hydroxyl groups excluding tert-OH is 1. The Balaban J connectivity index is 1.45. The number of carbonyl (C=O) groups is 1. The van der Waals surface area contributed by atoms with Gasteiger partial charge in [-0.3, -0.25) is 0 Å². The molecule has 0 saturated carbocycles. The molecule has 0 unspecified atom stereocenters. The number of fused-ring (bicyclic) bond motifs is 2. The van der Waals surface area contributed by atoms with Gasteiger partial charge in [0.15, 0.2) is 0 Å². The van der Waals surface area contributed by atoms with Crippen LogP contribution in [-0.4, -0.2) is 52.2 Å². The van der Waals surface area contributed by atoms with Gasteiger partial charge in [0.1, 0.15) is 5.82 Å². The van der Waals surface area contributed by atoms with Crippen LogP contribution in [0.4, 0.5) is 9.18 Å². The van der Waals surface area contributed by atoms with Crippen LogP contribution < -0.4 is 0 Å². The average molecular weight is 332 g/mol. The molecule has 4 rings (SSSR count). The Labute approximate surface area is 142 Å². The van der Waals surface area contributed by atoms with Crippen molar-refractivity contribution in [2.45, 2.75) is 62.6 Å². The molecule has 3 heterocycles. The van der Waals surface area contributed by atoms with Crippen LogP contribution in [0.3, 0.4) is 0 Å². The summed E-state index contributed by atoms with van der Waals surface area (Å²) in [5.74, 6) is 0.233. The highest BCUT2D eigenvalue weighted by molar-refractivity contribution is 5.76. The van der Waals surface area contributed by atoms with Crippen molar-refractivity contribution in [3.05, 3.63) is 35.6 Å². The predicted octanol–water partition coefficient (Wildman–Crippen LogP) is 3.11. The Bertz CT molecular complexity index is 584. The topological polar surface area (TPSA) is 43.8 Å². The molecular weight excluding hydrogens is 307 g/mol. The molecular formula is C19H25FN2O2. The molecule has 3 atom stereocenters. The van der Waals surface area contributed by atoms with E-state index < -0.39 is 0 Å². The van der Waals surface area contributed by atoms with Crippen molar-refractivity contribution >= 4 is 6.03 Å². The summed E-state index contributed by atoms with van der Waals surface area (Å²) in [6, 6.07) is 7.62. The Morgan fingerprint density at radius 3 is 2.17 bits per heavy atom. The summed E-state index contributed by atoms with van der Waals surface area (Å²) in [6.07, 6.45) is 5.22. The normalized spacial score (nSPS) is 30.7. The Hall–Kier alpha value is -1.62. The number of rotatable bonds is 1. The van der Waals surface area contributed by atoms with Crippen LogP contribution in [0, 0.1) is 5.82 Å². The second-order valence-corrected chi connectivity index (χ2v) is 7.51. The molecule has 3 fully saturated rings. The lowest BCUT2D eigenvalue weighted by Gasteiger charge is -2.42. The van der Waals surface area contributed by atoms with Gasteiger partial charge in [0.25, 0.3) is 0 Å². The molecule has 5 heteroatoms. The van der Waals surface area contributed by atoms with Crippen molar-refractivity contribution < 1.29 is 14.3 Å². The van der Waals surface area contributed by atoms with Crippen molar-refractivity contribution in [1.82, 2.24) is 9.80 Å². The van der Waals surface area contributed by atoms with E-state index in [4.69, 9.17) is 0 Å².